The molecule has 0 saturated carbocycles. The van der Waals surface area contributed by atoms with Crippen LogP contribution in [0.1, 0.15) is 30.1 Å². The first-order valence-corrected chi connectivity index (χ1v) is 7.16. The van der Waals surface area contributed by atoms with Crippen molar-refractivity contribution in [1.29, 1.82) is 0 Å². The molecule has 1 aromatic carbocycles. The molecule has 0 fully saturated rings. The number of aryl methyl sites for hydroxylation is 1. The predicted molar refractivity (Wildman–Crippen MR) is 91.8 cm³/mol. The number of carbonyl (C=O) groups excluding carboxylic acids is 1. The standard InChI is InChI=1S/C16H22N4O2.ClH/c1-11(13-7-5-6-8-14(13)22-4)19-16(21)15(17-2)12-9-18-20(3)10-12;/h5-11,15,17H,1-4H3,(H,19,21);1H. The Kier molecular flexibility index (Phi) is 7.06. The van der Waals surface area contributed by atoms with Crippen LogP contribution >= 0.6 is 12.4 Å². The van der Waals surface area contributed by atoms with Crippen LogP contribution in [-0.2, 0) is 11.8 Å². The summed E-state index contributed by atoms with van der Waals surface area (Å²) >= 11 is 0. The summed E-state index contributed by atoms with van der Waals surface area (Å²) in [7, 11) is 5.20. The maximum absolute atomic E-state index is 12.5. The third-order valence-electron chi connectivity index (χ3n) is 3.57. The van der Waals surface area contributed by atoms with Crippen LogP contribution in [0.5, 0.6) is 5.75 Å². The number of halogens is 1. The van der Waals surface area contributed by atoms with Crippen molar-refractivity contribution in [3.05, 3.63) is 47.8 Å². The molecule has 0 saturated heterocycles. The third-order valence-corrected chi connectivity index (χ3v) is 3.57. The summed E-state index contributed by atoms with van der Waals surface area (Å²) in [5.74, 6) is 0.659. The van der Waals surface area contributed by atoms with Gasteiger partial charge in [0, 0.05) is 24.4 Å². The number of hydrogen-bond acceptors (Lipinski definition) is 4. The fourth-order valence-corrected chi connectivity index (χ4v) is 2.44. The van der Waals surface area contributed by atoms with E-state index in [4.69, 9.17) is 4.74 Å². The van der Waals surface area contributed by atoms with Gasteiger partial charge in [-0.2, -0.15) is 5.10 Å². The summed E-state index contributed by atoms with van der Waals surface area (Å²) < 4.78 is 7.02. The van der Waals surface area contributed by atoms with Crippen molar-refractivity contribution >= 4 is 18.3 Å². The second-order valence-electron chi connectivity index (χ2n) is 5.14. The zero-order valence-electron chi connectivity index (χ0n) is 13.7. The first-order valence-electron chi connectivity index (χ1n) is 7.16. The lowest BCUT2D eigenvalue weighted by atomic mass is 10.1. The molecular weight excluding hydrogens is 316 g/mol. The molecule has 2 unspecified atom stereocenters. The molecule has 0 aliphatic heterocycles. The largest absolute Gasteiger partial charge is 0.496 e. The highest BCUT2D eigenvalue weighted by molar-refractivity contribution is 5.85. The summed E-state index contributed by atoms with van der Waals surface area (Å²) in [4.78, 5) is 12.5. The Hall–Kier alpha value is -2.05. The zero-order valence-corrected chi connectivity index (χ0v) is 14.6. The maximum atomic E-state index is 12.5. The Morgan fingerprint density at radius 1 is 1.35 bits per heavy atom. The molecular formula is C16H23ClN4O2. The highest BCUT2D eigenvalue weighted by Crippen LogP contribution is 2.25. The molecule has 7 heteroatoms. The van der Waals surface area contributed by atoms with Crippen LogP contribution in [0.25, 0.3) is 0 Å². The van der Waals surface area contributed by atoms with E-state index in [0.717, 1.165) is 16.9 Å². The third kappa shape index (κ3) is 4.46. The molecule has 2 atom stereocenters. The van der Waals surface area contributed by atoms with Gasteiger partial charge in [0.2, 0.25) is 5.91 Å². The van der Waals surface area contributed by atoms with Gasteiger partial charge < -0.3 is 15.4 Å². The summed E-state index contributed by atoms with van der Waals surface area (Å²) in [6, 6.07) is 7.07. The SMILES string of the molecule is CNC(C(=O)NC(C)c1ccccc1OC)c1cnn(C)c1.Cl. The molecule has 0 aliphatic carbocycles. The first-order chi connectivity index (χ1) is 10.6. The van der Waals surface area contributed by atoms with Crippen molar-refractivity contribution in [2.24, 2.45) is 7.05 Å². The van der Waals surface area contributed by atoms with Crippen LogP contribution in [0, 0.1) is 0 Å². The molecule has 1 amide bonds. The van der Waals surface area contributed by atoms with Crippen LogP contribution in [0.3, 0.4) is 0 Å². The number of nitrogens with zero attached hydrogens (tertiary/aromatic N) is 2. The number of para-hydroxylation sites is 1. The Morgan fingerprint density at radius 2 is 2.04 bits per heavy atom. The van der Waals surface area contributed by atoms with Crippen LogP contribution in [0.2, 0.25) is 0 Å². The number of hydrogen-bond donors (Lipinski definition) is 2. The fourth-order valence-electron chi connectivity index (χ4n) is 2.44. The molecule has 6 nitrogen and oxygen atoms in total. The van der Waals surface area contributed by atoms with Crippen LogP contribution in [-0.4, -0.2) is 29.8 Å². The molecule has 0 bridgehead atoms. The second kappa shape index (κ2) is 8.55. The average molecular weight is 339 g/mol. The minimum atomic E-state index is -0.439. The highest BCUT2D eigenvalue weighted by atomic mass is 35.5. The molecule has 2 N–H and O–H groups in total. The van der Waals surface area contributed by atoms with Gasteiger partial charge in [-0.25, -0.2) is 0 Å². The van der Waals surface area contributed by atoms with E-state index in [1.165, 1.54) is 0 Å². The van der Waals surface area contributed by atoms with Gasteiger partial charge in [0.15, 0.2) is 0 Å². The summed E-state index contributed by atoms with van der Waals surface area (Å²) in [5, 5.41) is 10.1. The van der Waals surface area contributed by atoms with Crippen LogP contribution < -0.4 is 15.4 Å². The molecule has 126 valence electrons. The van der Waals surface area contributed by atoms with Crippen molar-refractivity contribution in [3.63, 3.8) is 0 Å². The maximum Gasteiger partial charge on any atom is 0.242 e. The van der Waals surface area contributed by atoms with Crippen LogP contribution in [0.4, 0.5) is 0 Å². The molecule has 2 aromatic rings. The van der Waals surface area contributed by atoms with Gasteiger partial charge in [-0.05, 0) is 20.0 Å². The van der Waals surface area contributed by atoms with E-state index in [1.54, 1.807) is 25.0 Å². The van der Waals surface area contributed by atoms with Crippen molar-refractivity contribution in [3.8, 4) is 5.75 Å². The Labute approximate surface area is 142 Å². The van der Waals surface area contributed by atoms with E-state index in [-0.39, 0.29) is 24.4 Å². The number of methoxy groups -OCH3 is 1. The number of ether oxygens (including phenoxy) is 1. The minimum Gasteiger partial charge on any atom is -0.496 e. The summed E-state index contributed by atoms with van der Waals surface area (Å²) in [5.41, 5.74) is 1.77. The topological polar surface area (TPSA) is 68.2 Å². The van der Waals surface area contributed by atoms with Gasteiger partial charge in [0.1, 0.15) is 11.8 Å². The lowest BCUT2D eigenvalue weighted by molar-refractivity contribution is -0.123. The smallest absolute Gasteiger partial charge is 0.242 e. The zero-order chi connectivity index (χ0) is 16.1. The van der Waals surface area contributed by atoms with Crippen molar-refractivity contribution < 1.29 is 9.53 Å². The number of rotatable bonds is 6. The Morgan fingerprint density at radius 3 is 2.61 bits per heavy atom. The minimum absolute atomic E-state index is 0. The molecule has 1 heterocycles. The van der Waals surface area contributed by atoms with Crippen molar-refractivity contribution in [1.82, 2.24) is 20.4 Å². The molecule has 1 aromatic heterocycles. The average Bonchev–Trinajstić information content (AvgIpc) is 2.94. The number of nitrogens with one attached hydrogen (secondary N) is 2. The number of aromatic nitrogens is 2. The van der Waals surface area contributed by atoms with E-state index >= 15 is 0 Å². The van der Waals surface area contributed by atoms with Gasteiger partial charge in [-0.1, -0.05) is 18.2 Å². The Balaban J connectivity index is 0.00000264. The molecule has 2 rings (SSSR count). The number of amides is 1. The lowest BCUT2D eigenvalue weighted by Crippen LogP contribution is -2.37. The van der Waals surface area contributed by atoms with Crippen molar-refractivity contribution in [2.45, 2.75) is 19.0 Å². The monoisotopic (exact) mass is 338 g/mol. The quantitative estimate of drug-likeness (QED) is 0.845. The van der Waals surface area contributed by atoms with Gasteiger partial charge in [-0.15, -0.1) is 12.4 Å². The fraction of sp³-hybridized carbons (Fsp3) is 0.375. The second-order valence-corrected chi connectivity index (χ2v) is 5.14. The Bertz CT molecular complexity index is 645. The van der Waals surface area contributed by atoms with Gasteiger partial charge in [0.05, 0.1) is 19.3 Å². The van der Waals surface area contributed by atoms with Gasteiger partial charge in [0.25, 0.3) is 0 Å². The molecule has 0 spiro atoms. The van der Waals surface area contributed by atoms with E-state index in [0.29, 0.717) is 0 Å². The highest BCUT2D eigenvalue weighted by Gasteiger charge is 2.22. The summed E-state index contributed by atoms with van der Waals surface area (Å²) in [6.07, 6.45) is 3.52. The van der Waals surface area contributed by atoms with Crippen LogP contribution in [0.15, 0.2) is 36.7 Å². The predicted octanol–water partition coefficient (Wildman–Crippen LogP) is 1.99. The molecule has 23 heavy (non-hydrogen) atoms. The molecule has 0 radical (unpaired) electrons. The number of benzene rings is 1. The first kappa shape index (κ1) is 19.0. The normalized spacial score (nSPS) is 12.9. The van der Waals surface area contributed by atoms with E-state index in [1.807, 2.05) is 44.4 Å². The van der Waals surface area contributed by atoms with E-state index < -0.39 is 6.04 Å². The van der Waals surface area contributed by atoms with Crippen molar-refractivity contribution in [2.75, 3.05) is 14.2 Å². The lowest BCUT2D eigenvalue weighted by Gasteiger charge is -2.21. The number of likely N-dealkylation sites (N-methyl/N-ethyl adjacent to an activating group) is 1. The summed E-state index contributed by atoms with van der Waals surface area (Å²) in [6.45, 7) is 1.94. The molecule has 0 aliphatic rings. The number of carbonyl (C=O) groups is 1. The van der Waals surface area contributed by atoms with Gasteiger partial charge >= 0.3 is 0 Å². The van der Waals surface area contributed by atoms with E-state index in [9.17, 15) is 4.79 Å². The van der Waals surface area contributed by atoms with E-state index in [2.05, 4.69) is 15.7 Å². The van der Waals surface area contributed by atoms with Gasteiger partial charge in [-0.3, -0.25) is 9.48 Å².